The zero-order valence-electron chi connectivity index (χ0n) is 15.7. The summed E-state index contributed by atoms with van der Waals surface area (Å²) in [5, 5.41) is 11.7. The molecule has 28 heavy (non-hydrogen) atoms. The van der Waals surface area contributed by atoms with Gasteiger partial charge < -0.3 is 10.1 Å². The third-order valence-electron chi connectivity index (χ3n) is 4.94. The van der Waals surface area contributed by atoms with Gasteiger partial charge in [-0.15, -0.1) is 5.10 Å². The van der Waals surface area contributed by atoms with Gasteiger partial charge in [-0.25, -0.2) is 19.4 Å². The van der Waals surface area contributed by atoms with Crippen LogP contribution >= 0.6 is 0 Å². The summed E-state index contributed by atoms with van der Waals surface area (Å²) >= 11 is 0. The summed E-state index contributed by atoms with van der Waals surface area (Å²) in [4.78, 5) is 20.3. The number of methoxy groups -OCH3 is 1. The maximum atomic E-state index is 11.5. The molecule has 1 fully saturated rings. The summed E-state index contributed by atoms with van der Waals surface area (Å²) in [5.74, 6) is 0.0846. The summed E-state index contributed by atoms with van der Waals surface area (Å²) in [6.45, 7) is 0. The Balaban J connectivity index is 1.48. The minimum atomic E-state index is -0.370. The molecule has 1 saturated carbocycles. The van der Waals surface area contributed by atoms with Crippen molar-refractivity contribution in [2.75, 3.05) is 12.4 Å². The predicted molar refractivity (Wildman–Crippen MR) is 104 cm³/mol. The SMILES string of the molecule is COC(=O)c1ccc(Nc2nccc(-c3cn(C4CCCCC4)nn3)n2)cc1. The first kappa shape index (κ1) is 18.1. The number of rotatable bonds is 5. The third-order valence-corrected chi connectivity index (χ3v) is 4.94. The number of nitrogens with zero attached hydrogens (tertiary/aromatic N) is 5. The molecule has 1 aliphatic carbocycles. The molecule has 4 rings (SSSR count). The number of aromatic nitrogens is 5. The maximum Gasteiger partial charge on any atom is 0.337 e. The van der Waals surface area contributed by atoms with Gasteiger partial charge in [-0.05, 0) is 43.2 Å². The van der Waals surface area contributed by atoms with Crippen LogP contribution in [0.5, 0.6) is 0 Å². The molecule has 0 spiro atoms. The first-order chi connectivity index (χ1) is 13.7. The van der Waals surface area contributed by atoms with Gasteiger partial charge in [-0.2, -0.15) is 0 Å². The van der Waals surface area contributed by atoms with Crippen LogP contribution in [0.2, 0.25) is 0 Å². The lowest BCUT2D eigenvalue weighted by Gasteiger charge is -2.20. The number of esters is 1. The monoisotopic (exact) mass is 378 g/mol. The second kappa shape index (κ2) is 8.16. The average molecular weight is 378 g/mol. The van der Waals surface area contributed by atoms with Gasteiger partial charge in [0.15, 0.2) is 0 Å². The van der Waals surface area contributed by atoms with Gasteiger partial charge in [0.1, 0.15) is 5.69 Å². The van der Waals surface area contributed by atoms with Crippen molar-refractivity contribution < 1.29 is 9.53 Å². The fraction of sp³-hybridized carbons (Fsp3) is 0.350. The first-order valence-electron chi connectivity index (χ1n) is 9.43. The van der Waals surface area contributed by atoms with E-state index in [1.807, 2.05) is 16.9 Å². The van der Waals surface area contributed by atoms with E-state index >= 15 is 0 Å². The van der Waals surface area contributed by atoms with Crippen LogP contribution in [0.25, 0.3) is 11.4 Å². The molecule has 0 aliphatic heterocycles. The molecule has 0 radical (unpaired) electrons. The lowest BCUT2D eigenvalue weighted by atomic mass is 9.96. The van der Waals surface area contributed by atoms with Crippen molar-refractivity contribution in [3.05, 3.63) is 48.3 Å². The largest absolute Gasteiger partial charge is 0.465 e. The summed E-state index contributed by atoms with van der Waals surface area (Å²) in [7, 11) is 1.36. The van der Waals surface area contributed by atoms with Crippen LogP contribution in [0.1, 0.15) is 48.5 Å². The van der Waals surface area contributed by atoms with Gasteiger partial charge in [-0.3, -0.25) is 0 Å². The van der Waals surface area contributed by atoms with Crippen LogP contribution in [0.4, 0.5) is 11.6 Å². The van der Waals surface area contributed by atoms with Crippen LogP contribution in [0.15, 0.2) is 42.7 Å². The van der Waals surface area contributed by atoms with Gasteiger partial charge >= 0.3 is 5.97 Å². The Bertz CT molecular complexity index is 947. The summed E-state index contributed by atoms with van der Waals surface area (Å²) < 4.78 is 6.67. The van der Waals surface area contributed by atoms with E-state index in [-0.39, 0.29) is 5.97 Å². The van der Waals surface area contributed by atoms with Crippen molar-refractivity contribution in [1.29, 1.82) is 0 Å². The molecular formula is C20H22N6O2. The quantitative estimate of drug-likeness (QED) is 0.675. The van der Waals surface area contributed by atoms with Crippen LogP contribution in [-0.4, -0.2) is 38.0 Å². The highest BCUT2D eigenvalue weighted by atomic mass is 16.5. The zero-order valence-corrected chi connectivity index (χ0v) is 15.7. The Labute approximate surface area is 163 Å². The van der Waals surface area contributed by atoms with E-state index in [1.165, 1.54) is 26.4 Å². The Morgan fingerprint density at radius 2 is 1.89 bits per heavy atom. The van der Waals surface area contributed by atoms with E-state index < -0.39 is 0 Å². The number of anilines is 2. The average Bonchev–Trinajstić information content (AvgIpc) is 3.25. The molecule has 8 heteroatoms. The summed E-state index contributed by atoms with van der Waals surface area (Å²) in [5.41, 5.74) is 2.71. The van der Waals surface area contributed by atoms with Crippen molar-refractivity contribution in [2.24, 2.45) is 0 Å². The number of carbonyl (C=O) groups excluding carboxylic acids is 1. The predicted octanol–water partition coefficient (Wildman–Crippen LogP) is 3.77. The fourth-order valence-corrected chi connectivity index (χ4v) is 3.42. The molecule has 0 amide bonds. The third kappa shape index (κ3) is 4.00. The standard InChI is InChI=1S/C20H22N6O2/c1-28-19(27)14-7-9-15(10-8-14)22-20-21-12-11-17(23-20)18-13-26(25-24-18)16-5-3-2-4-6-16/h7-13,16H,2-6H2,1H3,(H,21,22,23). The van der Waals surface area contributed by atoms with E-state index in [0.717, 1.165) is 24.2 Å². The topological polar surface area (TPSA) is 94.8 Å². The number of nitrogens with one attached hydrogen (secondary N) is 1. The normalized spacial score (nSPS) is 14.6. The smallest absolute Gasteiger partial charge is 0.337 e. The van der Waals surface area contributed by atoms with Crippen molar-refractivity contribution in [2.45, 2.75) is 38.1 Å². The molecular weight excluding hydrogens is 356 g/mol. The second-order valence-corrected chi connectivity index (χ2v) is 6.84. The number of hydrogen-bond donors (Lipinski definition) is 1. The molecule has 1 aliphatic rings. The molecule has 1 aromatic carbocycles. The molecule has 0 unspecified atom stereocenters. The number of carbonyl (C=O) groups is 1. The van der Waals surface area contributed by atoms with Crippen molar-refractivity contribution >= 4 is 17.6 Å². The number of ether oxygens (including phenoxy) is 1. The van der Waals surface area contributed by atoms with Crippen LogP contribution in [0, 0.1) is 0 Å². The Hall–Kier alpha value is -3.29. The maximum absolute atomic E-state index is 11.5. The molecule has 8 nitrogen and oxygen atoms in total. The van der Waals surface area contributed by atoms with Crippen molar-refractivity contribution in [3.8, 4) is 11.4 Å². The van der Waals surface area contributed by atoms with Crippen molar-refractivity contribution in [1.82, 2.24) is 25.0 Å². The van der Waals surface area contributed by atoms with Crippen LogP contribution < -0.4 is 5.32 Å². The molecule has 0 atom stereocenters. The highest BCUT2D eigenvalue weighted by Crippen LogP contribution is 2.28. The molecule has 2 heterocycles. The Morgan fingerprint density at radius 3 is 2.64 bits per heavy atom. The van der Waals surface area contributed by atoms with Gasteiger partial charge in [0.2, 0.25) is 5.95 Å². The van der Waals surface area contributed by atoms with Crippen LogP contribution in [-0.2, 0) is 4.74 Å². The van der Waals surface area contributed by atoms with E-state index in [0.29, 0.717) is 23.2 Å². The molecule has 0 saturated heterocycles. The summed E-state index contributed by atoms with van der Waals surface area (Å²) in [6, 6.07) is 9.19. The Morgan fingerprint density at radius 1 is 1.11 bits per heavy atom. The zero-order chi connectivity index (χ0) is 19.3. The summed E-state index contributed by atoms with van der Waals surface area (Å²) in [6.07, 6.45) is 9.76. The molecule has 144 valence electrons. The second-order valence-electron chi connectivity index (χ2n) is 6.84. The molecule has 3 aromatic rings. The minimum absolute atomic E-state index is 0.370. The fourth-order valence-electron chi connectivity index (χ4n) is 3.42. The van der Waals surface area contributed by atoms with E-state index in [4.69, 9.17) is 4.74 Å². The Kier molecular flexibility index (Phi) is 5.27. The van der Waals surface area contributed by atoms with Gasteiger partial charge in [0.25, 0.3) is 0 Å². The van der Waals surface area contributed by atoms with E-state index in [1.54, 1.807) is 30.5 Å². The van der Waals surface area contributed by atoms with Gasteiger partial charge in [0.05, 0.1) is 30.6 Å². The van der Waals surface area contributed by atoms with E-state index in [9.17, 15) is 4.79 Å². The first-order valence-corrected chi connectivity index (χ1v) is 9.43. The number of hydrogen-bond acceptors (Lipinski definition) is 7. The molecule has 2 aromatic heterocycles. The highest BCUT2D eigenvalue weighted by Gasteiger charge is 2.17. The minimum Gasteiger partial charge on any atom is -0.465 e. The number of benzene rings is 1. The van der Waals surface area contributed by atoms with Gasteiger partial charge in [-0.1, -0.05) is 24.5 Å². The highest BCUT2D eigenvalue weighted by molar-refractivity contribution is 5.89. The lowest BCUT2D eigenvalue weighted by molar-refractivity contribution is 0.0601. The molecule has 0 bridgehead atoms. The van der Waals surface area contributed by atoms with Gasteiger partial charge in [0, 0.05) is 11.9 Å². The van der Waals surface area contributed by atoms with E-state index in [2.05, 4.69) is 25.6 Å². The molecule has 1 N–H and O–H groups in total. The van der Waals surface area contributed by atoms with Crippen LogP contribution in [0.3, 0.4) is 0 Å². The van der Waals surface area contributed by atoms with Crippen molar-refractivity contribution in [3.63, 3.8) is 0 Å². The lowest BCUT2D eigenvalue weighted by Crippen LogP contribution is -2.13.